The Labute approximate surface area is 208 Å². The summed E-state index contributed by atoms with van der Waals surface area (Å²) in [5.74, 6) is -2.26. The Morgan fingerprint density at radius 3 is 2.54 bits per heavy atom. The lowest BCUT2D eigenvalue weighted by molar-refractivity contribution is -0.139. The average molecular weight is 493 g/mol. The number of nitrogens with zero attached hydrogens (tertiary/aromatic N) is 2. The van der Waals surface area contributed by atoms with Gasteiger partial charge < -0.3 is 9.64 Å². The number of fused-ring (bicyclic) bond motifs is 1. The second-order valence-electron chi connectivity index (χ2n) is 9.42. The van der Waals surface area contributed by atoms with Gasteiger partial charge in [-0.1, -0.05) is 35.4 Å². The fraction of sp³-hybridized carbons (Fsp3) is 0.333. The summed E-state index contributed by atoms with van der Waals surface area (Å²) in [7, 11) is 0. The summed E-state index contributed by atoms with van der Waals surface area (Å²) < 4.78 is 5.59. The number of carbonyl (C=O) groups is 4. The third-order valence-electron chi connectivity index (χ3n) is 7.11. The Balaban J connectivity index is 1.30. The third-order valence-corrected chi connectivity index (χ3v) is 7.51. The highest BCUT2D eigenvalue weighted by Gasteiger charge is 2.48. The van der Waals surface area contributed by atoms with Gasteiger partial charge >= 0.3 is 5.97 Å². The molecule has 0 N–H and O–H groups in total. The predicted molar refractivity (Wildman–Crippen MR) is 131 cm³/mol. The van der Waals surface area contributed by atoms with Crippen LogP contribution in [0.15, 0.2) is 54.1 Å². The van der Waals surface area contributed by atoms with Gasteiger partial charge in [0.1, 0.15) is 5.75 Å². The van der Waals surface area contributed by atoms with E-state index in [2.05, 4.69) is 0 Å². The Bertz CT molecular complexity index is 1290. The number of rotatable bonds is 4. The quantitative estimate of drug-likeness (QED) is 0.272. The van der Waals surface area contributed by atoms with E-state index in [1.54, 1.807) is 41.3 Å². The molecule has 0 spiro atoms. The molecule has 2 heterocycles. The number of amides is 3. The lowest BCUT2D eigenvalue weighted by Gasteiger charge is -2.19. The summed E-state index contributed by atoms with van der Waals surface area (Å²) in [4.78, 5) is 54.3. The molecule has 1 aliphatic carbocycles. The molecule has 0 aromatic heterocycles. The highest BCUT2D eigenvalue weighted by Crippen LogP contribution is 2.40. The smallest absolute Gasteiger partial charge is 0.316 e. The Morgan fingerprint density at radius 1 is 1.00 bits per heavy atom. The van der Waals surface area contributed by atoms with Crippen LogP contribution in [0, 0.1) is 24.7 Å². The van der Waals surface area contributed by atoms with E-state index in [-0.39, 0.29) is 48.3 Å². The second-order valence-corrected chi connectivity index (χ2v) is 9.83. The van der Waals surface area contributed by atoms with Crippen molar-refractivity contribution in [1.29, 1.82) is 0 Å². The molecule has 3 amide bonds. The first-order valence-electron chi connectivity index (χ1n) is 11.6. The molecule has 180 valence electrons. The first-order valence-corrected chi connectivity index (χ1v) is 12.0. The lowest BCUT2D eigenvalue weighted by Crippen LogP contribution is -2.31. The van der Waals surface area contributed by atoms with E-state index in [9.17, 15) is 19.2 Å². The molecule has 0 radical (unpaired) electrons. The van der Waals surface area contributed by atoms with E-state index in [0.717, 1.165) is 11.1 Å². The van der Waals surface area contributed by atoms with E-state index in [0.29, 0.717) is 29.2 Å². The number of hydrogen-bond acceptors (Lipinski definition) is 5. The number of ether oxygens (including phenoxy) is 1. The van der Waals surface area contributed by atoms with Crippen molar-refractivity contribution in [2.24, 2.45) is 17.8 Å². The van der Waals surface area contributed by atoms with Crippen LogP contribution in [0.2, 0.25) is 5.02 Å². The Kier molecular flexibility index (Phi) is 5.97. The van der Waals surface area contributed by atoms with Gasteiger partial charge in [-0.3, -0.25) is 19.2 Å². The monoisotopic (exact) mass is 492 g/mol. The van der Waals surface area contributed by atoms with Crippen molar-refractivity contribution in [1.82, 2.24) is 0 Å². The molecule has 2 aromatic carbocycles. The van der Waals surface area contributed by atoms with Crippen LogP contribution in [0.5, 0.6) is 5.75 Å². The van der Waals surface area contributed by atoms with Crippen LogP contribution in [0.4, 0.5) is 11.4 Å². The fourth-order valence-corrected chi connectivity index (χ4v) is 5.33. The maximum atomic E-state index is 13.0. The summed E-state index contributed by atoms with van der Waals surface area (Å²) in [6.45, 7) is 3.99. The molecule has 0 bridgehead atoms. The topological polar surface area (TPSA) is 84.0 Å². The lowest BCUT2D eigenvalue weighted by atomic mass is 9.82. The minimum absolute atomic E-state index is 0.0310. The molecule has 3 aliphatic rings. The molecular weight excluding hydrogens is 468 g/mol. The van der Waals surface area contributed by atoms with Gasteiger partial charge in [-0.05, 0) is 56.5 Å². The molecule has 2 aromatic rings. The van der Waals surface area contributed by atoms with E-state index in [1.807, 2.05) is 19.9 Å². The standard InChI is InChI=1S/C27H25ClN2O5/c1-15-9-10-20-21(11-15)26(33)30(25(20)32)18-5-3-6-19(13-18)35-27(34)17-12-24(31)29(14-17)23-8-4-7-22(28)16(23)2/h3-9,13,17,20-21H,10-12,14H2,1-2H3/t17-,20+,21-/m1/s1. The highest BCUT2D eigenvalue weighted by atomic mass is 35.5. The van der Waals surface area contributed by atoms with Crippen LogP contribution in [0.25, 0.3) is 0 Å². The Hall–Kier alpha value is -3.45. The van der Waals surface area contributed by atoms with Gasteiger partial charge in [-0.15, -0.1) is 0 Å². The zero-order valence-corrected chi connectivity index (χ0v) is 20.2. The average Bonchev–Trinajstić information content (AvgIpc) is 3.33. The van der Waals surface area contributed by atoms with Gasteiger partial charge in [0.25, 0.3) is 0 Å². The van der Waals surface area contributed by atoms with Crippen LogP contribution in [-0.4, -0.2) is 30.2 Å². The molecule has 2 fully saturated rings. The van der Waals surface area contributed by atoms with E-state index >= 15 is 0 Å². The van der Waals surface area contributed by atoms with Crippen molar-refractivity contribution >= 4 is 46.7 Å². The number of carbonyl (C=O) groups excluding carboxylic acids is 4. The van der Waals surface area contributed by atoms with Gasteiger partial charge in [-0.25, -0.2) is 4.90 Å². The summed E-state index contributed by atoms with van der Waals surface area (Å²) in [6.07, 6.45) is 3.19. The van der Waals surface area contributed by atoms with Gasteiger partial charge in [0, 0.05) is 29.7 Å². The summed E-state index contributed by atoms with van der Waals surface area (Å²) >= 11 is 6.20. The van der Waals surface area contributed by atoms with Crippen molar-refractivity contribution in [3.05, 3.63) is 64.7 Å². The molecule has 7 nitrogen and oxygen atoms in total. The fourth-order valence-electron chi connectivity index (χ4n) is 5.16. The minimum atomic E-state index is -0.642. The second kappa shape index (κ2) is 8.96. The maximum Gasteiger partial charge on any atom is 0.316 e. The van der Waals surface area contributed by atoms with Crippen molar-refractivity contribution in [2.45, 2.75) is 33.1 Å². The van der Waals surface area contributed by atoms with Crippen molar-refractivity contribution in [3.8, 4) is 5.75 Å². The molecule has 2 aliphatic heterocycles. The largest absolute Gasteiger partial charge is 0.426 e. The van der Waals surface area contributed by atoms with Crippen LogP contribution < -0.4 is 14.5 Å². The Morgan fingerprint density at radius 2 is 1.74 bits per heavy atom. The molecule has 0 unspecified atom stereocenters. The summed E-state index contributed by atoms with van der Waals surface area (Å²) in [5, 5.41) is 0.551. The SMILES string of the molecule is CC1=CC[C@@H]2C(=O)N(c3cccc(OC(=O)[C@@H]4CC(=O)N(c5cccc(Cl)c5C)C4)c3)C(=O)[C@@H]2C1. The van der Waals surface area contributed by atoms with Crippen molar-refractivity contribution in [3.63, 3.8) is 0 Å². The van der Waals surface area contributed by atoms with Gasteiger partial charge in [0.05, 0.1) is 23.4 Å². The zero-order valence-electron chi connectivity index (χ0n) is 19.5. The molecule has 8 heteroatoms. The molecular formula is C27H25ClN2O5. The molecule has 2 saturated heterocycles. The number of anilines is 2. The number of esters is 1. The molecule has 35 heavy (non-hydrogen) atoms. The number of benzene rings is 2. The van der Waals surface area contributed by atoms with Crippen LogP contribution in [0.3, 0.4) is 0 Å². The van der Waals surface area contributed by atoms with Crippen molar-refractivity contribution < 1.29 is 23.9 Å². The first kappa shape index (κ1) is 23.3. The van der Waals surface area contributed by atoms with E-state index in [1.165, 1.54) is 11.0 Å². The minimum Gasteiger partial charge on any atom is -0.426 e. The van der Waals surface area contributed by atoms with Crippen LogP contribution in [-0.2, 0) is 19.2 Å². The normalized spacial score (nSPS) is 24.0. The number of hydrogen-bond donors (Lipinski definition) is 0. The number of halogens is 1. The third kappa shape index (κ3) is 4.14. The van der Waals surface area contributed by atoms with Gasteiger partial charge in [0.15, 0.2) is 0 Å². The summed E-state index contributed by atoms with van der Waals surface area (Å²) in [6, 6.07) is 11.8. The van der Waals surface area contributed by atoms with Gasteiger partial charge in [-0.2, -0.15) is 0 Å². The zero-order chi connectivity index (χ0) is 24.9. The molecule has 5 rings (SSSR count). The van der Waals surface area contributed by atoms with Gasteiger partial charge in [0.2, 0.25) is 17.7 Å². The van der Waals surface area contributed by atoms with Crippen LogP contribution >= 0.6 is 11.6 Å². The molecule has 3 atom stereocenters. The van der Waals surface area contributed by atoms with Crippen LogP contribution in [0.1, 0.15) is 31.7 Å². The maximum absolute atomic E-state index is 13.0. The summed E-state index contributed by atoms with van der Waals surface area (Å²) in [5.41, 5.74) is 2.95. The first-order chi connectivity index (χ1) is 16.7. The van der Waals surface area contributed by atoms with E-state index in [4.69, 9.17) is 16.3 Å². The van der Waals surface area contributed by atoms with E-state index < -0.39 is 11.9 Å². The number of imide groups is 1. The predicted octanol–water partition coefficient (Wildman–Crippen LogP) is 4.45. The highest BCUT2D eigenvalue weighted by molar-refractivity contribution is 6.31. The molecule has 0 saturated carbocycles. The number of allylic oxidation sites excluding steroid dienone is 2. The van der Waals surface area contributed by atoms with Crippen molar-refractivity contribution in [2.75, 3.05) is 16.3 Å².